The second-order valence-electron chi connectivity index (χ2n) is 3.36. The predicted molar refractivity (Wildman–Crippen MR) is 60.7 cm³/mol. The van der Waals surface area contributed by atoms with Crippen molar-refractivity contribution in [3.63, 3.8) is 0 Å². The van der Waals surface area contributed by atoms with Gasteiger partial charge in [-0.05, 0) is 53.4 Å². The molecule has 0 bridgehead atoms. The summed E-state index contributed by atoms with van der Waals surface area (Å²) in [4.78, 5) is 0. The van der Waals surface area contributed by atoms with Crippen molar-refractivity contribution in [2.75, 3.05) is 7.11 Å². The molecule has 1 atom stereocenters. The largest absolute Gasteiger partial charge is 0.496 e. The summed E-state index contributed by atoms with van der Waals surface area (Å²) in [5.41, 5.74) is 1.19. The maximum absolute atomic E-state index is 9.15. The van der Waals surface area contributed by atoms with E-state index in [-0.39, 0.29) is 6.10 Å². The molecule has 1 aromatic rings. The van der Waals surface area contributed by atoms with E-state index >= 15 is 0 Å². The van der Waals surface area contributed by atoms with Crippen molar-refractivity contribution in [3.8, 4) is 5.75 Å². The Morgan fingerprint density at radius 2 is 2.21 bits per heavy atom. The van der Waals surface area contributed by atoms with E-state index in [0.717, 1.165) is 23.1 Å². The van der Waals surface area contributed by atoms with Crippen LogP contribution in [0, 0.1) is 0 Å². The third-order valence-electron chi connectivity index (χ3n) is 2.07. The third-order valence-corrected chi connectivity index (χ3v) is 2.72. The summed E-state index contributed by atoms with van der Waals surface area (Å²) in [5.74, 6) is 0.841. The first-order valence-corrected chi connectivity index (χ1v) is 5.43. The Labute approximate surface area is 93.0 Å². The van der Waals surface area contributed by atoms with E-state index in [1.165, 1.54) is 5.56 Å². The zero-order valence-corrected chi connectivity index (χ0v) is 10.0. The van der Waals surface area contributed by atoms with Crippen LogP contribution in [-0.2, 0) is 6.42 Å². The second kappa shape index (κ2) is 5.37. The van der Waals surface area contributed by atoms with Crippen LogP contribution in [-0.4, -0.2) is 18.3 Å². The van der Waals surface area contributed by atoms with Crippen molar-refractivity contribution in [2.45, 2.75) is 25.9 Å². The molecule has 0 amide bonds. The van der Waals surface area contributed by atoms with E-state index in [4.69, 9.17) is 9.84 Å². The Hall–Kier alpha value is -0.540. The van der Waals surface area contributed by atoms with Crippen LogP contribution >= 0.6 is 15.9 Å². The normalized spacial score (nSPS) is 12.6. The van der Waals surface area contributed by atoms with E-state index in [1.54, 1.807) is 14.0 Å². The van der Waals surface area contributed by atoms with Gasteiger partial charge in [0, 0.05) is 0 Å². The van der Waals surface area contributed by atoms with Crippen molar-refractivity contribution < 1.29 is 9.84 Å². The Morgan fingerprint density at radius 3 is 2.79 bits per heavy atom. The van der Waals surface area contributed by atoms with Gasteiger partial charge in [-0.25, -0.2) is 0 Å². The fraction of sp³-hybridized carbons (Fsp3) is 0.455. The Kier molecular flexibility index (Phi) is 4.42. The lowest BCUT2D eigenvalue weighted by molar-refractivity contribution is 0.185. The molecule has 0 spiro atoms. The molecule has 0 saturated heterocycles. The number of rotatable bonds is 4. The predicted octanol–water partition coefficient (Wildman–Crippen LogP) is 2.77. The SMILES string of the molecule is COc1cc(CC[C@H](C)O)ccc1Br. The number of aliphatic hydroxyl groups excluding tert-OH is 1. The Morgan fingerprint density at radius 1 is 1.50 bits per heavy atom. The summed E-state index contributed by atoms with van der Waals surface area (Å²) in [6.45, 7) is 1.80. The summed E-state index contributed by atoms with van der Waals surface area (Å²) >= 11 is 3.40. The summed E-state index contributed by atoms with van der Waals surface area (Å²) in [7, 11) is 1.65. The van der Waals surface area contributed by atoms with Gasteiger partial charge in [0.05, 0.1) is 17.7 Å². The molecule has 0 radical (unpaired) electrons. The van der Waals surface area contributed by atoms with Crippen LogP contribution in [0.1, 0.15) is 18.9 Å². The summed E-state index contributed by atoms with van der Waals surface area (Å²) in [6, 6.07) is 6.00. The molecule has 14 heavy (non-hydrogen) atoms. The minimum Gasteiger partial charge on any atom is -0.496 e. The minimum atomic E-state index is -0.246. The average molecular weight is 259 g/mol. The standard InChI is InChI=1S/C11H15BrO2/c1-8(13)3-4-9-5-6-10(12)11(7-9)14-2/h5-8,13H,3-4H2,1-2H3/t8-/m0/s1. The summed E-state index contributed by atoms with van der Waals surface area (Å²) in [5, 5.41) is 9.15. The molecule has 1 rings (SSSR count). The zero-order chi connectivity index (χ0) is 10.6. The smallest absolute Gasteiger partial charge is 0.133 e. The third kappa shape index (κ3) is 3.31. The van der Waals surface area contributed by atoms with Crippen LogP contribution in [0.4, 0.5) is 0 Å². The lowest BCUT2D eigenvalue weighted by atomic mass is 10.1. The molecule has 2 nitrogen and oxygen atoms in total. The van der Waals surface area contributed by atoms with E-state index in [0.29, 0.717) is 0 Å². The summed E-state index contributed by atoms with van der Waals surface area (Å²) < 4.78 is 6.14. The maximum Gasteiger partial charge on any atom is 0.133 e. The van der Waals surface area contributed by atoms with Gasteiger partial charge in [-0.15, -0.1) is 0 Å². The number of aryl methyl sites for hydroxylation is 1. The van der Waals surface area contributed by atoms with Crippen molar-refractivity contribution in [1.29, 1.82) is 0 Å². The molecule has 0 heterocycles. The van der Waals surface area contributed by atoms with Crippen molar-refractivity contribution in [2.24, 2.45) is 0 Å². The van der Waals surface area contributed by atoms with Crippen LogP contribution in [0.2, 0.25) is 0 Å². The molecular formula is C11H15BrO2. The van der Waals surface area contributed by atoms with E-state index in [9.17, 15) is 0 Å². The van der Waals surface area contributed by atoms with Crippen LogP contribution in [0.3, 0.4) is 0 Å². The molecule has 1 aromatic carbocycles. The van der Waals surface area contributed by atoms with Gasteiger partial charge < -0.3 is 9.84 Å². The number of benzene rings is 1. The van der Waals surface area contributed by atoms with Crippen LogP contribution < -0.4 is 4.74 Å². The van der Waals surface area contributed by atoms with Gasteiger partial charge in [-0.1, -0.05) is 6.07 Å². The first kappa shape index (κ1) is 11.5. The van der Waals surface area contributed by atoms with Gasteiger partial charge in [-0.2, -0.15) is 0 Å². The maximum atomic E-state index is 9.15. The average Bonchev–Trinajstić information content (AvgIpc) is 2.16. The molecule has 0 aromatic heterocycles. The first-order valence-electron chi connectivity index (χ1n) is 4.64. The molecule has 0 aliphatic carbocycles. The number of ether oxygens (including phenoxy) is 1. The molecule has 0 aliphatic rings. The quantitative estimate of drug-likeness (QED) is 0.900. The van der Waals surface area contributed by atoms with Gasteiger partial charge in [-0.3, -0.25) is 0 Å². The lowest BCUT2D eigenvalue weighted by Crippen LogP contribution is -2.01. The van der Waals surface area contributed by atoms with Crippen molar-refractivity contribution in [3.05, 3.63) is 28.2 Å². The molecular weight excluding hydrogens is 244 g/mol. The number of hydrogen-bond acceptors (Lipinski definition) is 2. The molecule has 0 fully saturated rings. The van der Waals surface area contributed by atoms with Gasteiger partial charge in [0.15, 0.2) is 0 Å². The zero-order valence-electron chi connectivity index (χ0n) is 8.46. The summed E-state index contributed by atoms with van der Waals surface area (Å²) in [6.07, 6.45) is 1.41. The first-order chi connectivity index (χ1) is 6.63. The van der Waals surface area contributed by atoms with E-state index in [1.807, 2.05) is 18.2 Å². The number of aliphatic hydroxyl groups is 1. The van der Waals surface area contributed by atoms with E-state index in [2.05, 4.69) is 15.9 Å². The van der Waals surface area contributed by atoms with Crippen LogP contribution in [0.5, 0.6) is 5.75 Å². The molecule has 1 N–H and O–H groups in total. The Bertz CT molecular complexity index is 297. The van der Waals surface area contributed by atoms with Gasteiger partial charge in [0.1, 0.15) is 5.75 Å². The van der Waals surface area contributed by atoms with Gasteiger partial charge in [0.2, 0.25) is 0 Å². The number of halogens is 1. The molecule has 78 valence electrons. The minimum absolute atomic E-state index is 0.246. The van der Waals surface area contributed by atoms with Crippen molar-refractivity contribution >= 4 is 15.9 Å². The topological polar surface area (TPSA) is 29.5 Å². The highest BCUT2D eigenvalue weighted by atomic mass is 79.9. The highest BCUT2D eigenvalue weighted by Crippen LogP contribution is 2.26. The Balaban J connectivity index is 2.69. The second-order valence-corrected chi connectivity index (χ2v) is 4.21. The highest BCUT2D eigenvalue weighted by molar-refractivity contribution is 9.10. The van der Waals surface area contributed by atoms with Gasteiger partial charge >= 0.3 is 0 Å². The number of hydrogen-bond donors (Lipinski definition) is 1. The highest BCUT2D eigenvalue weighted by Gasteiger charge is 2.02. The monoisotopic (exact) mass is 258 g/mol. The molecule has 3 heteroatoms. The molecule has 0 aliphatic heterocycles. The lowest BCUT2D eigenvalue weighted by Gasteiger charge is -2.07. The molecule has 0 unspecified atom stereocenters. The number of methoxy groups -OCH3 is 1. The fourth-order valence-electron chi connectivity index (χ4n) is 1.24. The van der Waals surface area contributed by atoms with E-state index < -0.39 is 0 Å². The van der Waals surface area contributed by atoms with Crippen LogP contribution in [0.15, 0.2) is 22.7 Å². The van der Waals surface area contributed by atoms with Gasteiger partial charge in [0.25, 0.3) is 0 Å². The molecule has 0 saturated carbocycles. The van der Waals surface area contributed by atoms with Crippen molar-refractivity contribution in [1.82, 2.24) is 0 Å². The van der Waals surface area contributed by atoms with Crippen LogP contribution in [0.25, 0.3) is 0 Å². The fourth-order valence-corrected chi connectivity index (χ4v) is 1.64.